The lowest BCUT2D eigenvalue weighted by Gasteiger charge is -2.16. The summed E-state index contributed by atoms with van der Waals surface area (Å²) in [6.45, 7) is -2.48. The van der Waals surface area contributed by atoms with Crippen molar-refractivity contribution in [3.05, 3.63) is 17.7 Å². The lowest BCUT2D eigenvalue weighted by Crippen LogP contribution is -2.31. The maximum absolute atomic E-state index is 12.8. The Kier molecular flexibility index (Phi) is 4.48. The quantitative estimate of drug-likeness (QED) is 0.374. The number of hydrazine groups is 1. The van der Waals surface area contributed by atoms with Crippen LogP contribution < -0.4 is 16.6 Å². The average Bonchev–Trinajstić information content (AvgIpc) is 2.35. The zero-order valence-electron chi connectivity index (χ0n) is 9.43. The van der Waals surface area contributed by atoms with Crippen molar-refractivity contribution in [2.45, 2.75) is 12.1 Å². The summed E-state index contributed by atoms with van der Waals surface area (Å²) in [5, 5.41) is 10.3. The molecule has 0 aromatic carbocycles. The molecule has 1 aromatic heterocycles. The summed E-state index contributed by atoms with van der Waals surface area (Å²) in [6, 6.07) is 1.20. The molecule has 0 radical (unpaired) electrons. The van der Waals surface area contributed by atoms with E-state index in [1.54, 1.807) is 0 Å². The number of alkyl halides is 5. The molecule has 0 aliphatic carbocycles. The van der Waals surface area contributed by atoms with E-state index in [9.17, 15) is 22.0 Å². The number of pyridine rings is 1. The van der Waals surface area contributed by atoms with Crippen LogP contribution in [0.5, 0.6) is 0 Å². The maximum atomic E-state index is 12.8. The van der Waals surface area contributed by atoms with Gasteiger partial charge in [0.25, 0.3) is 5.92 Å². The number of nitrogens with zero attached hydrogens (tertiary/aromatic N) is 1. The second kappa shape index (κ2) is 5.53. The molecule has 108 valence electrons. The summed E-state index contributed by atoms with van der Waals surface area (Å²) in [4.78, 5) is 3.54. The highest BCUT2D eigenvalue weighted by Gasteiger charge is 2.32. The summed E-state index contributed by atoms with van der Waals surface area (Å²) in [5.41, 5.74) is 0.811. The van der Waals surface area contributed by atoms with Gasteiger partial charge < -0.3 is 15.8 Å². The van der Waals surface area contributed by atoms with Gasteiger partial charge in [0.05, 0.1) is 12.1 Å². The van der Waals surface area contributed by atoms with Crippen LogP contribution in [0.3, 0.4) is 0 Å². The van der Waals surface area contributed by atoms with Gasteiger partial charge in [-0.2, -0.15) is 13.2 Å². The number of aliphatic hydroxyl groups excluding tert-OH is 1. The Balaban J connectivity index is 2.95. The largest absolute Gasteiger partial charge is 0.416 e. The number of aromatic nitrogens is 1. The molecule has 0 bridgehead atoms. The van der Waals surface area contributed by atoms with Gasteiger partial charge >= 0.3 is 6.18 Å². The second-order valence-corrected chi connectivity index (χ2v) is 3.64. The summed E-state index contributed by atoms with van der Waals surface area (Å²) >= 11 is 0. The number of halogens is 5. The van der Waals surface area contributed by atoms with Crippen molar-refractivity contribution < 1.29 is 27.1 Å². The third kappa shape index (κ3) is 4.48. The fourth-order valence-electron chi connectivity index (χ4n) is 1.13. The van der Waals surface area contributed by atoms with E-state index in [2.05, 4.69) is 4.98 Å². The first-order chi connectivity index (χ1) is 8.68. The Bertz CT molecular complexity index is 437. The molecule has 0 unspecified atom stereocenters. The van der Waals surface area contributed by atoms with Gasteiger partial charge in [0.1, 0.15) is 18.2 Å². The van der Waals surface area contributed by atoms with Gasteiger partial charge in [0.2, 0.25) is 0 Å². The first kappa shape index (κ1) is 15.4. The van der Waals surface area contributed by atoms with Crippen LogP contribution in [0.25, 0.3) is 0 Å². The van der Waals surface area contributed by atoms with E-state index in [0.717, 1.165) is 0 Å². The van der Waals surface area contributed by atoms with Crippen molar-refractivity contribution in [2.24, 2.45) is 5.84 Å². The number of hydrogen-bond acceptors (Lipinski definition) is 5. The fraction of sp³-hybridized carbons (Fsp3) is 0.444. The Morgan fingerprint density at radius 1 is 1.16 bits per heavy atom. The lowest BCUT2D eigenvalue weighted by atomic mass is 10.2. The number of nitrogen functional groups attached to an aromatic ring is 1. The molecule has 0 fully saturated rings. The summed E-state index contributed by atoms with van der Waals surface area (Å²) in [6.07, 6.45) is -4.66. The van der Waals surface area contributed by atoms with Gasteiger partial charge in [-0.15, -0.1) is 0 Å². The molecule has 5 nitrogen and oxygen atoms in total. The van der Waals surface area contributed by atoms with Gasteiger partial charge in [0, 0.05) is 0 Å². The van der Waals surface area contributed by atoms with Crippen LogP contribution in [0.15, 0.2) is 12.1 Å². The van der Waals surface area contributed by atoms with E-state index in [1.807, 2.05) is 10.7 Å². The van der Waals surface area contributed by atoms with E-state index in [-0.39, 0.29) is 5.82 Å². The van der Waals surface area contributed by atoms with E-state index >= 15 is 0 Å². The summed E-state index contributed by atoms with van der Waals surface area (Å²) in [5.74, 6) is 0.714. The Morgan fingerprint density at radius 2 is 1.74 bits per heavy atom. The molecule has 5 N–H and O–H groups in total. The summed E-state index contributed by atoms with van der Waals surface area (Å²) < 4.78 is 63.0. The highest BCUT2D eigenvalue weighted by atomic mass is 19.4. The monoisotopic (exact) mass is 286 g/mol. The van der Waals surface area contributed by atoms with Gasteiger partial charge in [-0.05, 0) is 12.1 Å². The smallest absolute Gasteiger partial charge is 0.390 e. The number of hydrogen-bond donors (Lipinski definition) is 4. The van der Waals surface area contributed by atoms with Crippen LogP contribution in [0.4, 0.5) is 33.6 Å². The first-order valence-electron chi connectivity index (χ1n) is 4.96. The van der Waals surface area contributed by atoms with Gasteiger partial charge in [-0.3, -0.25) is 0 Å². The molecule has 0 saturated heterocycles. The van der Waals surface area contributed by atoms with Crippen LogP contribution in [-0.4, -0.2) is 29.2 Å². The minimum absolute atomic E-state index is 0.329. The highest BCUT2D eigenvalue weighted by Crippen LogP contribution is 2.32. The minimum atomic E-state index is -4.66. The molecule has 1 aromatic rings. The second-order valence-electron chi connectivity index (χ2n) is 3.64. The normalized spacial score (nSPS) is 12.4. The van der Waals surface area contributed by atoms with Crippen LogP contribution >= 0.6 is 0 Å². The van der Waals surface area contributed by atoms with E-state index < -0.39 is 36.6 Å². The van der Waals surface area contributed by atoms with Crippen molar-refractivity contribution >= 4 is 11.6 Å². The topological polar surface area (TPSA) is 83.2 Å². The van der Waals surface area contributed by atoms with Gasteiger partial charge in [-0.25, -0.2) is 19.6 Å². The lowest BCUT2D eigenvalue weighted by molar-refractivity contribution is -0.137. The number of rotatable bonds is 5. The fourth-order valence-corrected chi connectivity index (χ4v) is 1.13. The van der Waals surface area contributed by atoms with Crippen LogP contribution in [0.1, 0.15) is 5.56 Å². The number of nitrogens with one attached hydrogen (secondary N) is 2. The minimum Gasteiger partial charge on any atom is -0.390 e. The van der Waals surface area contributed by atoms with Crippen molar-refractivity contribution in [2.75, 3.05) is 23.9 Å². The van der Waals surface area contributed by atoms with Crippen LogP contribution in [0, 0.1) is 0 Å². The van der Waals surface area contributed by atoms with Crippen molar-refractivity contribution in [3.8, 4) is 0 Å². The van der Waals surface area contributed by atoms with Gasteiger partial charge in [-0.1, -0.05) is 0 Å². The van der Waals surface area contributed by atoms with Crippen molar-refractivity contribution in [3.63, 3.8) is 0 Å². The van der Waals surface area contributed by atoms with E-state index in [1.165, 1.54) is 0 Å². The third-order valence-corrected chi connectivity index (χ3v) is 2.06. The molecule has 19 heavy (non-hydrogen) atoms. The zero-order chi connectivity index (χ0) is 14.7. The number of aliphatic hydroxyl groups is 1. The molecule has 0 atom stereocenters. The molecule has 0 amide bonds. The molecule has 0 saturated carbocycles. The van der Waals surface area contributed by atoms with Crippen LogP contribution in [-0.2, 0) is 6.18 Å². The molecule has 0 aliphatic rings. The Labute approximate surface area is 104 Å². The standard InChI is InChI=1S/C9H11F5N4O/c10-8(11,4-19)3-16-6-1-5(9(12,13)14)2-7(17-6)18-15/h1-2,19H,3-4,15H2,(H2,16,17,18). The average molecular weight is 286 g/mol. The van der Waals surface area contributed by atoms with Crippen molar-refractivity contribution in [1.29, 1.82) is 0 Å². The Morgan fingerprint density at radius 3 is 2.21 bits per heavy atom. The first-order valence-corrected chi connectivity index (χ1v) is 4.96. The van der Waals surface area contributed by atoms with Crippen LogP contribution in [0.2, 0.25) is 0 Å². The molecular formula is C9H11F5N4O. The molecule has 0 spiro atoms. The van der Waals surface area contributed by atoms with E-state index in [4.69, 9.17) is 10.9 Å². The molecule has 0 aliphatic heterocycles. The highest BCUT2D eigenvalue weighted by molar-refractivity contribution is 5.49. The number of nitrogens with two attached hydrogens (primary N) is 1. The predicted molar refractivity (Wildman–Crippen MR) is 57.6 cm³/mol. The van der Waals surface area contributed by atoms with Gasteiger partial charge in [0.15, 0.2) is 0 Å². The maximum Gasteiger partial charge on any atom is 0.416 e. The zero-order valence-corrected chi connectivity index (χ0v) is 9.43. The SMILES string of the molecule is NNc1cc(C(F)(F)F)cc(NCC(F)(F)CO)n1. The third-order valence-electron chi connectivity index (χ3n) is 2.06. The molecule has 1 heterocycles. The number of anilines is 2. The molecule has 1 rings (SSSR count). The molecule has 10 heteroatoms. The molecular weight excluding hydrogens is 275 g/mol. The summed E-state index contributed by atoms with van der Waals surface area (Å²) in [7, 11) is 0. The van der Waals surface area contributed by atoms with E-state index in [0.29, 0.717) is 12.1 Å². The predicted octanol–water partition coefficient (Wildman–Crippen LogP) is 1.43. The Hall–Kier alpha value is -1.68. The van der Waals surface area contributed by atoms with Crippen molar-refractivity contribution in [1.82, 2.24) is 4.98 Å².